The molecule has 0 aromatic heterocycles. The van der Waals surface area contributed by atoms with Gasteiger partial charge in [0, 0.05) is 5.56 Å². The number of aldehydes is 1. The average Bonchev–Trinajstić information content (AvgIpc) is 2.65. The van der Waals surface area contributed by atoms with Crippen LogP contribution in [0.15, 0.2) is 72.0 Å². The van der Waals surface area contributed by atoms with Crippen LogP contribution in [-0.4, -0.2) is 23.3 Å². The van der Waals surface area contributed by atoms with Crippen LogP contribution in [0, 0.1) is 5.82 Å². The van der Waals surface area contributed by atoms with Crippen molar-refractivity contribution in [1.82, 2.24) is 5.32 Å². The van der Waals surface area contributed by atoms with E-state index in [-0.39, 0.29) is 16.9 Å². The van der Waals surface area contributed by atoms with E-state index >= 15 is 0 Å². The van der Waals surface area contributed by atoms with Gasteiger partial charge in [-0.15, -0.1) is 0 Å². The molecule has 4 nitrogen and oxygen atoms in total. The molecule has 0 saturated carbocycles. The standard InChI is InChI=1S/C21H18FNO3/c22-18-11-16(13-24)6-8-17(18)21(26)23-19-12-15(7-9-20(19)25)10-14-4-2-1-3-5-14/h1-9,11,13,19,25H,10,12H2,(H,23,26). The Morgan fingerprint density at radius 3 is 2.65 bits per heavy atom. The van der Waals surface area contributed by atoms with Crippen LogP contribution < -0.4 is 5.32 Å². The fourth-order valence-electron chi connectivity index (χ4n) is 2.89. The van der Waals surface area contributed by atoms with Gasteiger partial charge in [0.1, 0.15) is 17.9 Å². The number of benzene rings is 2. The second kappa shape index (κ2) is 7.78. The number of aliphatic hydroxyl groups excluding tert-OH is 1. The van der Waals surface area contributed by atoms with E-state index in [1.807, 2.05) is 36.4 Å². The lowest BCUT2D eigenvalue weighted by Gasteiger charge is -2.23. The molecule has 132 valence electrons. The van der Waals surface area contributed by atoms with Gasteiger partial charge in [0.15, 0.2) is 0 Å². The van der Waals surface area contributed by atoms with Crippen molar-refractivity contribution in [2.45, 2.75) is 18.9 Å². The zero-order valence-corrected chi connectivity index (χ0v) is 14.0. The number of hydrogen-bond acceptors (Lipinski definition) is 3. The first-order chi connectivity index (χ1) is 12.6. The lowest BCUT2D eigenvalue weighted by molar-refractivity contribution is 0.0928. The number of hydrogen-bond donors (Lipinski definition) is 2. The number of nitrogens with one attached hydrogen (secondary N) is 1. The predicted molar refractivity (Wildman–Crippen MR) is 96.6 cm³/mol. The first kappa shape index (κ1) is 17.6. The summed E-state index contributed by atoms with van der Waals surface area (Å²) in [7, 11) is 0. The van der Waals surface area contributed by atoms with E-state index in [0.29, 0.717) is 19.1 Å². The molecule has 2 N–H and O–H groups in total. The maximum atomic E-state index is 14.0. The smallest absolute Gasteiger partial charge is 0.254 e. The van der Waals surface area contributed by atoms with Crippen LogP contribution in [0.3, 0.4) is 0 Å². The molecule has 0 aliphatic heterocycles. The molecule has 0 fully saturated rings. The molecule has 0 bridgehead atoms. The zero-order valence-electron chi connectivity index (χ0n) is 14.0. The van der Waals surface area contributed by atoms with E-state index in [1.54, 1.807) is 6.08 Å². The van der Waals surface area contributed by atoms with Crippen LogP contribution in [0.4, 0.5) is 4.39 Å². The topological polar surface area (TPSA) is 66.4 Å². The Morgan fingerprint density at radius 2 is 1.96 bits per heavy atom. The molecular formula is C21H18FNO3. The highest BCUT2D eigenvalue weighted by atomic mass is 19.1. The van der Waals surface area contributed by atoms with E-state index in [1.165, 1.54) is 12.1 Å². The lowest BCUT2D eigenvalue weighted by Crippen LogP contribution is -2.38. The van der Waals surface area contributed by atoms with Gasteiger partial charge >= 0.3 is 0 Å². The molecule has 5 heteroatoms. The van der Waals surface area contributed by atoms with Crippen molar-refractivity contribution in [3.63, 3.8) is 0 Å². The van der Waals surface area contributed by atoms with E-state index < -0.39 is 17.8 Å². The SMILES string of the molecule is O=Cc1ccc(C(=O)NC2CC(Cc3ccccc3)=CC=C2O)c(F)c1. The molecule has 2 aromatic rings. The van der Waals surface area contributed by atoms with Gasteiger partial charge in [-0.05, 0) is 36.6 Å². The quantitative estimate of drug-likeness (QED) is 0.806. The number of allylic oxidation sites excluding steroid dienone is 2. The Labute approximate surface area is 150 Å². The minimum Gasteiger partial charge on any atom is -0.510 e. The number of amides is 1. The molecule has 0 heterocycles. The van der Waals surface area contributed by atoms with Gasteiger partial charge in [-0.1, -0.05) is 48.0 Å². The van der Waals surface area contributed by atoms with Crippen molar-refractivity contribution in [3.05, 3.63) is 94.5 Å². The third-order valence-corrected chi connectivity index (χ3v) is 4.27. The third kappa shape index (κ3) is 4.06. The molecule has 26 heavy (non-hydrogen) atoms. The van der Waals surface area contributed by atoms with Crippen LogP contribution in [-0.2, 0) is 6.42 Å². The summed E-state index contributed by atoms with van der Waals surface area (Å²) in [6.45, 7) is 0. The van der Waals surface area contributed by atoms with Gasteiger partial charge in [-0.3, -0.25) is 9.59 Å². The molecular weight excluding hydrogens is 333 g/mol. The van der Waals surface area contributed by atoms with Crippen molar-refractivity contribution in [1.29, 1.82) is 0 Å². The lowest BCUT2D eigenvalue weighted by atomic mass is 9.93. The van der Waals surface area contributed by atoms with Crippen molar-refractivity contribution < 1.29 is 19.1 Å². The van der Waals surface area contributed by atoms with Gasteiger partial charge in [0.2, 0.25) is 0 Å². The first-order valence-corrected chi connectivity index (χ1v) is 8.25. The van der Waals surface area contributed by atoms with Crippen molar-refractivity contribution in [2.24, 2.45) is 0 Å². The molecule has 1 aliphatic carbocycles. The van der Waals surface area contributed by atoms with Crippen LogP contribution in [0.1, 0.15) is 32.7 Å². The van der Waals surface area contributed by atoms with Crippen molar-refractivity contribution >= 4 is 12.2 Å². The minimum absolute atomic E-state index is 0.0279. The van der Waals surface area contributed by atoms with Crippen molar-refractivity contribution in [2.75, 3.05) is 0 Å². The second-order valence-electron chi connectivity index (χ2n) is 6.17. The Morgan fingerprint density at radius 1 is 1.19 bits per heavy atom. The largest absolute Gasteiger partial charge is 0.510 e. The molecule has 1 unspecified atom stereocenters. The van der Waals surface area contributed by atoms with Gasteiger partial charge in [-0.25, -0.2) is 4.39 Å². The fourth-order valence-corrected chi connectivity index (χ4v) is 2.89. The number of carbonyl (C=O) groups is 2. The highest BCUT2D eigenvalue weighted by Gasteiger charge is 2.23. The Balaban J connectivity index is 1.70. The molecule has 1 aliphatic rings. The molecule has 0 saturated heterocycles. The Bertz CT molecular complexity index is 887. The van der Waals surface area contributed by atoms with Crippen LogP contribution >= 0.6 is 0 Å². The summed E-state index contributed by atoms with van der Waals surface area (Å²) in [5.41, 5.74) is 2.18. The van der Waals surface area contributed by atoms with E-state index in [0.717, 1.165) is 17.2 Å². The van der Waals surface area contributed by atoms with Crippen molar-refractivity contribution in [3.8, 4) is 0 Å². The summed E-state index contributed by atoms with van der Waals surface area (Å²) in [5, 5.41) is 12.7. The second-order valence-corrected chi connectivity index (χ2v) is 6.17. The Hall–Kier alpha value is -3.21. The average molecular weight is 351 g/mol. The fraction of sp³-hybridized carbons (Fsp3) is 0.143. The number of aliphatic hydroxyl groups is 1. The summed E-state index contributed by atoms with van der Waals surface area (Å²) < 4.78 is 14.0. The molecule has 3 rings (SSSR count). The first-order valence-electron chi connectivity index (χ1n) is 8.25. The molecule has 1 atom stereocenters. The number of rotatable bonds is 5. The van der Waals surface area contributed by atoms with Crippen LogP contribution in [0.2, 0.25) is 0 Å². The normalized spacial score (nSPS) is 16.4. The van der Waals surface area contributed by atoms with Crippen LogP contribution in [0.25, 0.3) is 0 Å². The summed E-state index contributed by atoms with van der Waals surface area (Å²) in [5.74, 6) is -1.38. The van der Waals surface area contributed by atoms with E-state index in [9.17, 15) is 19.1 Å². The Kier molecular flexibility index (Phi) is 5.27. The van der Waals surface area contributed by atoms with Gasteiger partial charge < -0.3 is 10.4 Å². The molecule has 2 aromatic carbocycles. The minimum atomic E-state index is -0.772. The van der Waals surface area contributed by atoms with E-state index in [4.69, 9.17) is 0 Å². The highest BCUT2D eigenvalue weighted by molar-refractivity contribution is 5.95. The summed E-state index contributed by atoms with van der Waals surface area (Å²) in [6, 6.07) is 12.9. The summed E-state index contributed by atoms with van der Waals surface area (Å²) in [4.78, 5) is 23.0. The maximum Gasteiger partial charge on any atom is 0.254 e. The van der Waals surface area contributed by atoms with E-state index in [2.05, 4.69) is 5.32 Å². The number of carbonyl (C=O) groups excluding carboxylic acids is 2. The zero-order chi connectivity index (χ0) is 18.5. The molecule has 1 amide bonds. The third-order valence-electron chi connectivity index (χ3n) is 4.27. The van der Waals surface area contributed by atoms with Crippen LogP contribution in [0.5, 0.6) is 0 Å². The van der Waals surface area contributed by atoms with Gasteiger partial charge in [-0.2, -0.15) is 0 Å². The monoisotopic (exact) mass is 351 g/mol. The maximum absolute atomic E-state index is 14.0. The molecule has 0 radical (unpaired) electrons. The van der Waals surface area contributed by atoms with Gasteiger partial charge in [0.05, 0.1) is 11.6 Å². The predicted octanol–water partition coefficient (Wildman–Crippen LogP) is 3.75. The van der Waals surface area contributed by atoms with Gasteiger partial charge in [0.25, 0.3) is 5.91 Å². The summed E-state index contributed by atoms with van der Waals surface area (Å²) >= 11 is 0. The highest BCUT2D eigenvalue weighted by Crippen LogP contribution is 2.22. The number of halogens is 1. The molecule has 0 spiro atoms. The summed E-state index contributed by atoms with van der Waals surface area (Å²) in [6.07, 6.45) is 5.06.